The maximum absolute atomic E-state index is 11.8. The number of hydrogen-bond acceptors (Lipinski definition) is 2. The Morgan fingerprint density at radius 3 is 2.72 bits per heavy atom. The van der Waals surface area contributed by atoms with Gasteiger partial charge in [-0.2, -0.15) is 0 Å². The van der Waals surface area contributed by atoms with Gasteiger partial charge in [-0.25, -0.2) is 4.98 Å². The molecule has 0 bridgehead atoms. The minimum absolute atomic E-state index is 0.0397. The van der Waals surface area contributed by atoms with Crippen molar-refractivity contribution in [1.82, 2.24) is 14.9 Å². The maximum atomic E-state index is 11.8. The summed E-state index contributed by atoms with van der Waals surface area (Å²) in [4.78, 5) is 16.6. The molecule has 0 aliphatic rings. The van der Waals surface area contributed by atoms with Gasteiger partial charge >= 0.3 is 0 Å². The highest BCUT2D eigenvalue weighted by Gasteiger charge is 2.18. The van der Waals surface area contributed by atoms with Crippen LogP contribution in [0.1, 0.15) is 48.8 Å². The number of rotatable bonds is 5. The molecule has 25 heavy (non-hydrogen) atoms. The number of carbonyl (C=O) groups excluding carboxylic acids is 1. The second-order valence-electron chi connectivity index (χ2n) is 6.62. The van der Waals surface area contributed by atoms with Crippen molar-refractivity contribution in [3.05, 3.63) is 65.0 Å². The molecule has 0 spiro atoms. The first-order valence-corrected chi connectivity index (χ1v) is 8.80. The molecule has 0 aliphatic heterocycles. The number of aromatic nitrogens is 2. The van der Waals surface area contributed by atoms with Gasteiger partial charge in [-0.05, 0) is 44.0 Å². The summed E-state index contributed by atoms with van der Waals surface area (Å²) >= 11 is 0. The van der Waals surface area contributed by atoms with E-state index in [-0.39, 0.29) is 11.9 Å². The summed E-state index contributed by atoms with van der Waals surface area (Å²) in [6, 6.07) is 14.5. The number of carbonyl (C=O) groups is 1. The molecule has 1 amide bonds. The first-order valence-electron chi connectivity index (χ1n) is 8.80. The summed E-state index contributed by atoms with van der Waals surface area (Å²) < 4.78 is 2.22. The Labute approximate surface area is 148 Å². The number of para-hydroxylation sites is 2. The van der Waals surface area contributed by atoms with Crippen molar-refractivity contribution in [2.24, 2.45) is 0 Å². The molecule has 0 radical (unpaired) electrons. The van der Waals surface area contributed by atoms with Crippen molar-refractivity contribution in [1.29, 1.82) is 0 Å². The molecule has 2 aromatic carbocycles. The number of nitrogens with zero attached hydrogens (tertiary/aromatic N) is 2. The third-order valence-corrected chi connectivity index (χ3v) is 4.60. The lowest BCUT2D eigenvalue weighted by molar-refractivity contribution is -0.121. The molecule has 130 valence electrons. The van der Waals surface area contributed by atoms with Crippen molar-refractivity contribution >= 4 is 16.9 Å². The average Bonchev–Trinajstić information content (AvgIpc) is 2.97. The maximum Gasteiger partial charge on any atom is 0.220 e. The predicted molar refractivity (Wildman–Crippen MR) is 102 cm³/mol. The molecule has 0 saturated heterocycles. The number of aryl methyl sites for hydroxylation is 2. The third-order valence-electron chi connectivity index (χ3n) is 4.60. The van der Waals surface area contributed by atoms with Crippen LogP contribution in [-0.2, 0) is 11.3 Å². The molecule has 1 heterocycles. The Hall–Kier alpha value is -2.62. The van der Waals surface area contributed by atoms with Crippen LogP contribution in [0.5, 0.6) is 0 Å². The lowest BCUT2D eigenvalue weighted by Gasteiger charge is -2.17. The van der Waals surface area contributed by atoms with Gasteiger partial charge in [-0.15, -0.1) is 0 Å². The van der Waals surface area contributed by atoms with E-state index in [0.717, 1.165) is 23.4 Å². The minimum atomic E-state index is -0.134. The Bertz CT molecular complexity index is 911. The Morgan fingerprint density at radius 1 is 1.20 bits per heavy atom. The van der Waals surface area contributed by atoms with E-state index < -0.39 is 0 Å². The van der Waals surface area contributed by atoms with Crippen molar-refractivity contribution < 1.29 is 4.79 Å². The normalized spacial score (nSPS) is 12.3. The predicted octanol–water partition coefficient (Wildman–Crippen LogP) is 4.29. The van der Waals surface area contributed by atoms with E-state index in [4.69, 9.17) is 4.98 Å². The quantitative estimate of drug-likeness (QED) is 0.756. The van der Waals surface area contributed by atoms with Crippen LogP contribution in [0.3, 0.4) is 0 Å². The number of nitrogens with one attached hydrogen (secondary N) is 1. The average molecular weight is 335 g/mol. The van der Waals surface area contributed by atoms with E-state index >= 15 is 0 Å². The highest BCUT2D eigenvalue weighted by atomic mass is 16.1. The number of imidazole rings is 1. The van der Waals surface area contributed by atoms with E-state index in [1.165, 1.54) is 16.7 Å². The zero-order chi connectivity index (χ0) is 18.0. The van der Waals surface area contributed by atoms with Gasteiger partial charge in [0.2, 0.25) is 5.91 Å². The van der Waals surface area contributed by atoms with Crippen molar-refractivity contribution in [3.63, 3.8) is 0 Å². The molecule has 4 heteroatoms. The second kappa shape index (κ2) is 7.09. The monoisotopic (exact) mass is 335 g/mol. The fourth-order valence-electron chi connectivity index (χ4n) is 3.14. The van der Waals surface area contributed by atoms with Crippen LogP contribution >= 0.6 is 0 Å². The van der Waals surface area contributed by atoms with Crippen molar-refractivity contribution in [3.8, 4) is 0 Å². The molecule has 3 aromatic rings. The lowest BCUT2D eigenvalue weighted by atomic mass is 10.1. The van der Waals surface area contributed by atoms with E-state index in [1.807, 2.05) is 32.0 Å². The van der Waals surface area contributed by atoms with Crippen LogP contribution < -0.4 is 5.32 Å². The fraction of sp³-hybridized carbons (Fsp3) is 0.333. The molecular weight excluding hydrogens is 310 g/mol. The molecule has 3 rings (SSSR count). The van der Waals surface area contributed by atoms with Gasteiger partial charge in [-0.3, -0.25) is 4.79 Å². The summed E-state index contributed by atoms with van der Waals surface area (Å²) in [6.45, 7) is 8.85. The molecule has 0 unspecified atom stereocenters. The molecule has 1 atom stereocenters. The Kier molecular flexibility index (Phi) is 4.88. The van der Waals surface area contributed by atoms with Gasteiger partial charge in [0.05, 0.1) is 17.1 Å². The molecule has 4 nitrogen and oxygen atoms in total. The Balaban J connectivity index is 2.07. The zero-order valence-electron chi connectivity index (χ0n) is 15.3. The van der Waals surface area contributed by atoms with E-state index in [1.54, 1.807) is 0 Å². The van der Waals surface area contributed by atoms with Crippen molar-refractivity contribution in [2.75, 3.05) is 0 Å². The smallest absolute Gasteiger partial charge is 0.220 e. The van der Waals surface area contributed by atoms with Crippen LogP contribution in [0.15, 0.2) is 42.5 Å². The standard InChI is InChI=1S/C21H25N3O/c1-5-20(25)22-16(4)21-23-18-8-6-7-9-19(18)24(21)13-17-12-14(2)10-11-15(17)3/h6-12,16H,5,13H2,1-4H3,(H,22,25)/t16-/m1/s1. The van der Waals surface area contributed by atoms with Gasteiger partial charge in [0.25, 0.3) is 0 Å². The van der Waals surface area contributed by atoms with E-state index in [9.17, 15) is 4.79 Å². The molecule has 0 aliphatic carbocycles. The summed E-state index contributed by atoms with van der Waals surface area (Å²) in [5.41, 5.74) is 5.84. The molecule has 0 saturated carbocycles. The van der Waals surface area contributed by atoms with Gasteiger partial charge in [0, 0.05) is 13.0 Å². The van der Waals surface area contributed by atoms with Gasteiger partial charge in [-0.1, -0.05) is 42.8 Å². The summed E-state index contributed by atoms with van der Waals surface area (Å²) in [5, 5.41) is 3.04. The topological polar surface area (TPSA) is 46.9 Å². The first-order chi connectivity index (χ1) is 12.0. The number of fused-ring (bicyclic) bond motifs is 1. The van der Waals surface area contributed by atoms with Gasteiger partial charge < -0.3 is 9.88 Å². The first kappa shape index (κ1) is 17.2. The summed E-state index contributed by atoms with van der Waals surface area (Å²) in [6.07, 6.45) is 0.474. The van der Waals surface area contributed by atoms with Gasteiger partial charge in [0.15, 0.2) is 0 Å². The van der Waals surface area contributed by atoms with Crippen LogP contribution in [0.2, 0.25) is 0 Å². The van der Waals surface area contributed by atoms with Crippen LogP contribution in [-0.4, -0.2) is 15.5 Å². The third kappa shape index (κ3) is 3.58. The lowest BCUT2D eigenvalue weighted by Crippen LogP contribution is -2.28. The van der Waals surface area contributed by atoms with Gasteiger partial charge in [0.1, 0.15) is 5.82 Å². The highest BCUT2D eigenvalue weighted by molar-refractivity contribution is 5.78. The second-order valence-corrected chi connectivity index (χ2v) is 6.62. The molecular formula is C21H25N3O. The molecule has 1 N–H and O–H groups in total. The largest absolute Gasteiger partial charge is 0.346 e. The van der Waals surface area contributed by atoms with Crippen LogP contribution in [0.25, 0.3) is 11.0 Å². The summed E-state index contributed by atoms with van der Waals surface area (Å²) in [5.74, 6) is 0.932. The van der Waals surface area contributed by atoms with Crippen molar-refractivity contribution in [2.45, 2.75) is 46.7 Å². The molecule has 0 fully saturated rings. The SMILES string of the molecule is CCC(=O)N[C@H](C)c1nc2ccccc2n1Cc1cc(C)ccc1C. The Morgan fingerprint density at radius 2 is 1.96 bits per heavy atom. The highest BCUT2D eigenvalue weighted by Crippen LogP contribution is 2.23. The molecule has 1 aromatic heterocycles. The minimum Gasteiger partial charge on any atom is -0.346 e. The summed E-state index contributed by atoms with van der Waals surface area (Å²) in [7, 11) is 0. The van der Waals surface area contributed by atoms with E-state index in [0.29, 0.717) is 6.42 Å². The van der Waals surface area contributed by atoms with Crippen LogP contribution in [0.4, 0.5) is 0 Å². The number of amides is 1. The van der Waals surface area contributed by atoms with Crippen LogP contribution in [0, 0.1) is 13.8 Å². The number of benzene rings is 2. The number of hydrogen-bond donors (Lipinski definition) is 1. The fourth-order valence-corrected chi connectivity index (χ4v) is 3.14. The van der Waals surface area contributed by atoms with E-state index in [2.05, 4.69) is 48.0 Å². The zero-order valence-corrected chi connectivity index (χ0v) is 15.3.